The van der Waals surface area contributed by atoms with Gasteiger partial charge in [0.15, 0.2) is 0 Å². The van der Waals surface area contributed by atoms with Gasteiger partial charge in [0.25, 0.3) is 0 Å². The normalized spacial score (nSPS) is 13.9. The first-order valence-corrected chi connectivity index (χ1v) is 6.82. The molecule has 0 aromatic heterocycles. The second-order valence-corrected chi connectivity index (χ2v) is 5.74. The standard InChI is InChI=1S/C12H15BrClF3N2/c1-19(7-12(15,16)17)5-4-11(18)9-3-2-8(13)6-10(9)14/h2-3,6,11H,4-5,7,18H2,1H3. The molecule has 1 atom stereocenters. The third-order valence-corrected chi connectivity index (χ3v) is 3.45. The number of hydrogen-bond donors (Lipinski definition) is 1. The molecule has 0 spiro atoms. The number of alkyl halides is 3. The third kappa shape index (κ3) is 6.12. The van der Waals surface area contributed by atoms with Crippen molar-refractivity contribution in [3.8, 4) is 0 Å². The fourth-order valence-electron chi connectivity index (χ4n) is 1.70. The monoisotopic (exact) mass is 358 g/mol. The minimum absolute atomic E-state index is 0.257. The van der Waals surface area contributed by atoms with Crippen molar-refractivity contribution in [2.24, 2.45) is 5.73 Å². The van der Waals surface area contributed by atoms with E-state index in [1.165, 1.54) is 11.9 Å². The second-order valence-electron chi connectivity index (χ2n) is 4.41. The van der Waals surface area contributed by atoms with Crippen LogP contribution in [0.2, 0.25) is 5.02 Å². The minimum atomic E-state index is -4.19. The highest BCUT2D eigenvalue weighted by molar-refractivity contribution is 9.10. The lowest BCUT2D eigenvalue weighted by Gasteiger charge is -2.21. The van der Waals surface area contributed by atoms with Gasteiger partial charge in [-0.2, -0.15) is 13.2 Å². The van der Waals surface area contributed by atoms with Crippen LogP contribution < -0.4 is 5.73 Å². The van der Waals surface area contributed by atoms with Gasteiger partial charge < -0.3 is 5.73 Å². The Morgan fingerprint density at radius 1 is 1.42 bits per heavy atom. The summed E-state index contributed by atoms with van der Waals surface area (Å²) in [5.41, 5.74) is 6.69. The molecule has 0 bridgehead atoms. The zero-order valence-electron chi connectivity index (χ0n) is 10.3. The Balaban J connectivity index is 2.53. The molecule has 1 unspecified atom stereocenters. The Bertz CT molecular complexity index is 426. The van der Waals surface area contributed by atoms with Crippen LogP contribution >= 0.6 is 27.5 Å². The number of nitrogens with two attached hydrogens (primary N) is 1. The topological polar surface area (TPSA) is 29.3 Å². The summed E-state index contributed by atoms with van der Waals surface area (Å²) in [4.78, 5) is 1.20. The summed E-state index contributed by atoms with van der Waals surface area (Å²) < 4.78 is 37.3. The lowest BCUT2D eigenvalue weighted by molar-refractivity contribution is -0.143. The van der Waals surface area contributed by atoms with E-state index in [0.29, 0.717) is 11.4 Å². The molecule has 2 nitrogen and oxygen atoms in total. The van der Waals surface area contributed by atoms with E-state index in [9.17, 15) is 13.2 Å². The molecule has 2 N–H and O–H groups in total. The lowest BCUT2D eigenvalue weighted by atomic mass is 10.0. The number of nitrogens with zero attached hydrogens (tertiary/aromatic N) is 1. The van der Waals surface area contributed by atoms with Gasteiger partial charge in [-0.3, -0.25) is 4.90 Å². The van der Waals surface area contributed by atoms with Crippen LogP contribution in [0.5, 0.6) is 0 Å². The summed E-state index contributed by atoms with van der Waals surface area (Å²) in [5.74, 6) is 0. The summed E-state index contributed by atoms with van der Waals surface area (Å²) in [5, 5.41) is 0.514. The Morgan fingerprint density at radius 3 is 2.58 bits per heavy atom. The molecule has 108 valence electrons. The summed E-state index contributed by atoms with van der Waals surface area (Å²) in [7, 11) is 1.42. The van der Waals surface area contributed by atoms with E-state index in [4.69, 9.17) is 17.3 Å². The smallest absolute Gasteiger partial charge is 0.324 e. The largest absolute Gasteiger partial charge is 0.401 e. The van der Waals surface area contributed by atoms with E-state index in [2.05, 4.69) is 15.9 Å². The Morgan fingerprint density at radius 2 is 2.05 bits per heavy atom. The van der Waals surface area contributed by atoms with Crippen molar-refractivity contribution in [1.82, 2.24) is 4.90 Å². The molecule has 1 aromatic carbocycles. The van der Waals surface area contributed by atoms with E-state index >= 15 is 0 Å². The third-order valence-electron chi connectivity index (χ3n) is 2.63. The van der Waals surface area contributed by atoms with Gasteiger partial charge >= 0.3 is 6.18 Å². The van der Waals surface area contributed by atoms with Crippen molar-refractivity contribution in [3.63, 3.8) is 0 Å². The van der Waals surface area contributed by atoms with Gasteiger partial charge in [0.1, 0.15) is 0 Å². The first-order chi connectivity index (χ1) is 8.69. The molecular formula is C12H15BrClF3N2. The van der Waals surface area contributed by atoms with Crippen molar-refractivity contribution < 1.29 is 13.2 Å². The average Bonchev–Trinajstić information content (AvgIpc) is 2.23. The Kier molecular flexibility index (Phi) is 6.11. The molecule has 0 aliphatic rings. The van der Waals surface area contributed by atoms with E-state index in [1.54, 1.807) is 18.2 Å². The highest BCUT2D eigenvalue weighted by Crippen LogP contribution is 2.27. The fraction of sp³-hybridized carbons (Fsp3) is 0.500. The van der Waals surface area contributed by atoms with Crippen molar-refractivity contribution in [2.45, 2.75) is 18.6 Å². The zero-order chi connectivity index (χ0) is 14.6. The molecule has 7 heteroatoms. The molecule has 0 fully saturated rings. The number of rotatable bonds is 5. The van der Waals surface area contributed by atoms with Gasteiger partial charge in [0.05, 0.1) is 6.54 Å². The molecule has 0 aliphatic heterocycles. The number of halogens is 5. The van der Waals surface area contributed by atoms with Crippen molar-refractivity contribution in [2.75, 3.05) is 20.1 Å². The van der Waals surface area contributed by atoms with Crippen LogP contribution in [0.1, 0.15) is 18.0 Å². The molecular weight excluding hydrogens is 344 g/mol. The molecule has 19 heavy (non-hydrogen) atoms. The van der Waals surface area contributed by atoms with Crippen LogP contribution in [0.15, 0.2) is 22.7 Å². The van der Waals surface area contributed by atoms with Gasteiger partial charge in [-0.1, -0.05) is 33.6 Å². The first-order valence-electron chi connectivity index (χ1n) is 5.65. The molecule has 0 heterocycles. The molecule has 0 amide bonds. The lowest BCUT2D eigenvalue weighted by Crippen LogP contribution is -2.33. The predicted octanol–water partition coefficient (Wildman–Crippen LogP) is 3.99. The van der Waals surface area contributed by atoms with Crippen molar-refractivity contribution in [1.29, 1.82) is 0 Å². The second kappa shape index (κ2) is 6.92. The summed E-state index contributed by atoms with van der Waals surface area (Å²) >= 11 is 9.32. The predicted molar refractivity (Wildman–Crippen MR) is 74.2 cm³/mol. The SMILES string of the molecule is CN(CCC(N)c1ccc(Br)cc1Cl)CC(F)(F)F. The maximum atomic E-state index is 12.2. The van der Waals surface area contributed by atoms with Crippen LogP contribution in [-0.4, -0.2) is 31.2 Å². The van der Waals surface area contributed by atoms with Crippen LogP contribution in [-0.2, 0) is 0 Å². The fourth-order valence-corrected chi connectivity index (χ4v) is 2.52. The van der Waals surface area contributed by atoms with Crippen molar-refractivity contribution >= 4 is 27.5 Å². The van der Waals surface area contributed by atoms with Crippen LogP contribution in [0, 0.1) is 0 Å². The van der Waals surface area contributed by atoms with Gasteiger partial charge in [-0.05, 0) is 37.7 Å². The maximum Gasteiger partial charge on any atom is 0.401 e. The van der Waals surface area contributed by atoms with E-state index in [0.717, 1.165) is 10.0 Å². The van der Waals surface area contributed by atoms with Gasteiger partial charge in [0, 0.05) is 15.5 Å². The minimum Gasteiger partial charge on any atom is -0.324 e. The Hall–Kier alpha value is -0.300. The van der Waals surface area contributed by atoms with Crippen LogP contribution in [0.25, 0.3) is 0 Å². The Labute approximate surface area is 123 Å². The number of hydrogen-bond acceptors (Lipinski definition) is 2. The summed E-state index contributed by atoms with van der Waals surface area (Å²) in [6.45, 7) is -0.680. The number of benzene rings is 1. The highest BCUT2D eigenvalue weighted by atomic mass is 79.9. The highest BCUT2D eigenvalue weighted by Gasteiger charge is 2.29. The van der Waals surface area contributed by atoms with Crippen LogP contribution in [0.4, 0.5) is 13.2 Å². The zero-order valence-corrected chi connectivity index (χ0v) is 12.7. The molecule has 0 saturated heterocycles. The maximum absolute atomic E-state index is 12.2. The quantitative estimate of drug-likeness (QED) is 0.861. The molecule has 0 radical (unpaired) electrons. The van der Waals surface area contributed by atoms with E-state index in [-0.39, 0.29) is 12.6 Å². The van der Waals surface area contributed by atoms with E-state index in [1.807, 2.05) is 0 Å². The average molecular weight is 360 g/mol. The van der Waals surface area contributed by atoms with Gasteiger partial charge in [-0.25, -0.2) is 0 Å². The molecule has 0 saturated carbocycles. The van der Waals surface area contributed by atoms with E-state index < -0.39 is 12.7 Å². The van der Waals surface area contributed by atoms with Gasteiger partial charge in [-0.15, -0.1) is 0 Å². The summed E-state index contributed by atoms with van der Waals surface area (Å²) in [6.07, 6.45) is -3.78. The summed E-state index contributed by atoms with van der Waals surface area (Å²) in [6, 6.07) is 4.92. The van der Waals surface area contributed by atoms with Gasteiger partial charge in [0.2, 0.25) is 0 Å². The van der Waals surface area contributed by atoms with Crippen molar-refractivity contribution in [3.05, 3.63) is 33.3 Å². The molecule has 1 rings (SSSR count). The first kappa shape index (κ1) is 16.8. The molecule has 1 aromatic rings. The molecule has 0 aliphatic carbocycles. The van der Waals surface area contributed by atoms with Crippen LogP contribution in [0.3, 0.4) is 0 Å².